The summed E-state index contributed by atoms with van der Waals surface area (Å²) in [5.41, 5.74) is 1.48. The Morgan fingerprint density at radius 1 is 0.941 bits per heavy atom. The van der Waals surface area contributed by atoms with Gasteiger partial charge in [-0.2, -0.15) is 0 Å². The third kappa shape index (κ3) is 8.11. The van der Waals surface area contributed by atoms with E-state index in [0.717, 1.165) is 17.8 Å². The van der Waals surface area contributed by atoms with Crippen molar-refractivity contribution < 1.29 is 32.7 Å². The molecule has 0 bridgehead atoms. The van der Waals surface area contributed by atoms with Crippen LogP contribution < -0.4 is 0 Å². The van der Waals surface area contributed by atoms with Crippen molar-refractivity contribution in [2.75, 3.05) is 0 Å². The van der Waals surface area contributed by atoms with Crippen molar-refractivity contribution in [3.05, 3.63) is 43.3 Å². The summed E-state index contributed by atoms with van der Waals surface area (Å²) in [7, 11) is 0. The zero-order valence-electron chi connectivity index (χ0n) is 12.1. The minimum absolute atomic E-state index is 0. The van der Waals surface area contributed by atoms with Crippen molar-refractivity contribution >= 4 is 0 Å². The van der Waals surface area contributed by atoms with Gasteiger partial charge in [-0.25, -0.2) is 0 Å². The second-order valence-corrected chi connectivity index (χ2v) is 5.32. The van der Waals surface area contributed by atoms with Gasteiger partial charge in [0.15, 0.2) is 0 Å². The van der Waals surface area contributed by atoms with Crippen LogP contribution >= 0.6 is 0 Å². The van der Waals surface area contributed by atoms with Crippen molar-refractivity contribution in [3.8, 4) is 0 Å². The first kappa shape index (κ1) is 19.7. The Morgan fingerprint density at radius 3 is 1.88 bits per heavy atom. The molecule has 0 aliphatic rings. The summed E-state index contributed by atoms with van der Waals surface area (Å²) in [6, 6.07) is 10.9. The molecule has 0 unspecified atom stereocenters. The van der Waals surface area contributed by atoms with Gasteiger partial charge < -0.3 is 7.43 Å². The predicted octanol–water partition coefficient (Wildman–Crippen LogP) is 5.00. The Kier molecular flexibility index (Phi) is 11.9. The van der Waals surface area contributed by atoms with E-state index in [1.165, 1.54) is 18.4 Å². The average Bonchev–Trinajstić information content (AvgIpc) is 2.17. The second-order valence-electron chi connectivity index (χ2n) is 5.32. The molecule has 0 fully saturated rings. The monoisotopic (exact) mass is 308 g/mol. The molecule has 0 heterocycles. The molecular formula is C16H27Y-. The number of rotatable bonds is 5. The maximum absolute atomic E-state index is 2.34. The van der Waals surface area contributed by atoms with E-state index < -0.39 is 0 Å². The van der Waals surface area contributed by atoms with E-state index >= 15 is 0 Å². The maximum Gasteiger partial charge on any atom is 0 e. The van der Waals surface area contributed by atoms with Gasteiger partial charge in [-0.3, -0.25) is 0 Å². The fourth-order valence-corrected chi connectivity index (χ4v) is 2.11. The maximum atomic E-state index is 2.34. The van der Waals surface area contributed by atoms with Gasteiger partial charge in [0, 0.05) is 32.7 Å². The zero-order valence-corrected chi connectivity index (χ0v) is 14.9. The van der Waals surface area contributed by atoms with Crippen LogP contribution in [0, 0.1) is 25.2 Å². The molecule has 0 aliphatic carbocycles. The minimum Gasteiger partial charge on any atom is -0.358 e. The van der Waals surface area contributed by atoms with Gasteiger partial charge >= 0.3 is 0 Å². The van der Waals surface area contributed by atoms with Gasteiger partial charge in [-0.15, -0.1) is 0 Å². The number of hydrogen-bond acceptors (Lipinski definition) is 0. The molecular weight excluding hydrogens is 281 g/mol. The van der Waals surface area contributed by atoms with Crippen molar-refractivity contribution in [2.45, 2.75) is 40.5 Å². The molecule has 1 heteroatoms. The van der Waals surface area contributed by atoms with Crippen LogP contribution in [0.25, 0.3) is 0 Å². The van der Waals surface area contributed by atoms with Gasteiger partial charge in [0.2, 0.25) is 0 Å². The Labute approximate surface area is 133 Å². The summed E-state index contributed by atoms with van der Waals surface area (Å²) in [6.07, 6.45) is 2.57. The van der Waals surface area contributed by atoms with E-state index in [9.17, 15) is 0 Å². The standard InChI is InChI=1S/C15H24.CH3.Y/c1-12(2)10-15(13(3)4)11-14-8-6-5-7-9-14;;/h5-9,12-13,15H,10-11H2,1-4H3;1H3;/q;-1;/t15-;;/m1../s1. The first-order valence-electron chi connectivity index (χ1n) is 6.13. The van der Waals surface area contributed by atoms with Crippen LogP contribution in [0.2, 0.25) is 0 Å². The Morgan fingerprint density at radius 2 is 1.47 bits per heavy atom. The van der Waals surface area contributed by atoms with Crippen molar-refractivity contribution in [1.29, 1.82) is 0 Å². The van der Waals surface area contributed by atoms with E-state index in [4.69, 9.17) is 0 Å². The molecule has 1 aromatic rings. The molecule has 0 N–H and O–H groups in total. The van der Waals surface area contributed by atoms with Gasteiger partial charge in [0.1, 0.15) is 0 Å². The quantitative estimate of drug-likeness (QED) is 0.672. The molecule has 0 saturated carbocycles. The van der Waals surface area contributed by atoms with Crippen molar-refractivity contribution in [2.24, 2.45) is 17.8 Å². The molecule has 0 aliphatic heterocycles. The molecule has 0 saturated heterocycles. The fraction of sp³-hybridized carbons (Fsp3) is 0.562. The molecule has 0 aromatic heterocycles. The molecule has 0 spiro atoms. The Hall–Kier alpha value is 0.324. The Bertz CT molecular complexity index is 264. The van der Waals surface area contributed by atoms with Crippen LogP contribution in [-0.4, -0.2) is 0 Å². The molecule has 17 heavy (non-hydrogen) atoms. The van der Waals surface area contributed by atoms with Gasteiger partial charge in [-0.1, -0.05) is 58.0 Å². The van der Waals surface area contributed by atoms with Crippen LogP contribution in [0.15, 0.2) is 30.3 Å². The first-order valence-corrected chi connectivity index (χ1v) is 6.13. The van der Waals surface area contributed by atoms with E-state index in [2.05, 4.69) is 58.0 Å². The smallest absolute Gasteiger partial charge is 0 e. The molecule has 1 radical (unpaired) electrons. The van der Waals surface area contributed by atoms with Crippen LogP contribution in [0.1, 0.15) is 39.7 Å². The average molecular weight is 308 g/mol. The first-order chi connectivity index (χ1) is 7.09. The molecule has 95 valence electrons. The summed E-state index contributed by atoms with van der Waals surface area (Å²) in [4.78, 5) is 0. The third-order valence-electron chi connectivity index (χ3n) is 3.06. The molecule has 0 amide bonds. The molecule has 0 nitrogen and oxygen atoms in total. The third-order valence-corrected chi connectivity index (χ3v) is 3.06. The summed E-state index contributed by atoms with van der Waals surface area (Å²) >= 11 is 0. The van der Waals surface area contributed by atoms with Crippen molar-refractivity contribution in [1.82, 2.24) is 0 Å². The van der Waals surface area contributed by atoms with Crippen molar-refractivity contribution in [3.63, 3.8) is 0 Å². The normalized spacial score (nSPS) is 11.9. The van der Waals surface area contributed by atoms with E-state index in [0.29, 0.717) is 0 Å². The van der Waals surface area contributed by atoms with Gasteiger partial charge in [0.25, 0.3) is 0 Å². The van der Waals surface area contributed by atoms with Crippen LogP contribution in [0.4, 0.5) is 0 Å². The van der Waals surface area contributed by atoms with Crippen LogP contribution in [-0.2, 0) is 39.1 Å². The summed E-state index contributed by atoms with van der Waals surface area (Å²) < 4.78 is 0. The number of hydrogen-bond donors (Lipinski definition) is 0. The second kappa shape index (κ2) is 10.3. The Balaban J connectivity index is 0. The van der Waals surface area contributed by atoms with E-state index in [-0.39, 0.29) is 40.1 Å². The van der Waals surface area contributed by atoms with Gasteiger partial charge in [0.05, 0.1) is 0 Å². The summed E-state index contributed by atoms with van der Waals surface area (Å²) in [5.74, 6) is 2.42. The van der Waals surface area contributed by atoms with Crippen LogP contribution in [0.5, 0.6) is 0 Å². The largest absolute Gasteiger partial charge is 0.358 e. The topological polar surface area (TPSA) is 0 Å². The molecule has 1 atom stereocenters. The van der Waals surface area contributed by atoms with Crippen LogP contribution in [0.3, 0.4) is 0 Å². The summed E-state index contributed by atoms with van der Waals surface area (Å²) in [6.45, 7) is 9.33. The predicted molar refractivity (Wildman–Crippen MR) is 74.3 cm³/mol. The zero-order chi connectivity index (χ0) is 11.3. The molecule has 1 aromatic carbocycles. The fourth-order valence-electron chi connectivity index (χ4n) is 2.11. The molecule has 1 rings (SSSR count). The number of benzene rings is 1. The van der Waals surface area contributed by atoms with Gasteiger partial charge in [-0.05, 0) is 36.2 Å². The SMILES string of the molecule is CC(C)C[C@H](Cc1ccccc1)C(C)C.[CH3-].[Y]. The minimum atomic E-state index is 0. The van der Waals surface area contributed by atoms with E-state index in [1.54, 1.807) is 0 Å². The summed E-state index contributed by atoms with van der Waals surface area (Å²) in [5, 5.41) is 0. The van der Waals surface area contributed by atoms with E-state index in [1.807, 2.05) is 0 Å².